The minimum Gasteiger partial charge on any atom is -0.493 e. The van der Waals surface area contributed by atoms with Crippen LogP contribution in [-0.2, 0) is 0 Å². The summed E-state index contributed by atoms with van der Waals surface area (Å²) in [4.78, 5) is 19.0. The first-order valence-electron chi connectivity index (χ1n) is 8.23. The number of pyridine rings is 1. The maximum absolute atomic E-state index is 12.9. The Labute approximate surface area is 147 Å². The lowest BCUT2D eigenvalue weighted by Gasteiger charge is -2.19. The molecule has 1 saturated heterocycles. The monoisotopic (exact) mass is 342 g/mol. The van der Waals surface area contributed by atoms with Crippen LogP contribution in [0.3, 0.4) is 0 Å². The maximum atomic E-state index is 12.9. The summed E-state index contributed by atoms with van der Waals surface area (Å²) < 4.78 is 16.6. The van der Waals surface area contributed by atoms with Gasteiger partial charge >= 0.3 is 0 Å². The lowest BCUT2D eigenvalue weighted by atomic mass is 10.1. The summed E-state index contributed by atoms with van der Waals surface area (Å²) in [7, 11) is 3.09. The van der Waals surface area contributed by atoms with E-state index < -0.39 is 0 Å². The number of aromatic nitrogens is 1. The Morgan fingerprint density at radius 3 is 2.68 bits per heavy atom. The van der Waals surface area contributed by atoms with Crippen molar-refractivity contribution >= 4 is 5.91 Å². The molecule has 1 fully saturated rings. The minimum atomic E-state index is -0.0842. The molecule has 25 heavy (non-hydrogen) atoms. The number of rotatable bonds is 5. The van der Waals surface area contributed by atoms with Gasteiger partial charge in [-0.25, -0.2) is 4.98 Å². The third-order valence-corrected chi connectivity index (χ3v) is 4.22. The number of amides is 1. The van der Waals surface area contributed by atoms with Crippen molar-refractivity contribution in [3.05, 3.63) is 47.7 Å². The molecule has 1 aliphatic rings. The second-order valence-electron chi connectivity index (χ2n) is 5.94. The maximum Gasteiger partial charge on any atom is 0.257 e. The highest BCUT2D eigenvalue weighted by atomic mass is 16.5. The zero-order valence-corrected chi connectivity index (χ0v) is 14.7. The van der Waals surface area contributed by atoms with E-state index in [1.165, 1.54) is 7.11 Å². The molecule has 1 aromatic carbocycles. The van der Waals surface area contributed by atoms with Crippen molar-refractivity contribution in [1.82, 2.24) is 9.88 Å². The van der Waals surface area contributed by atoms with Crippen LogP contribution in [-0.4, -0.2) is 49.2 Å². The Balaban J connectivity index is 1.71. The lowest BCUT2D eigenvalue weighted by molar-refractivity contribution is 0.0767. The first-order valence-corrected chi connectivity index (χ1v) is 8.23. The molecule has 1 aliphatic heterocycles. The molecule has 132 valence electrons. The van der Waals surface area contributed by atoms with Crippen LogP contribution in [0.15, 0.2) is 36.4 Å². The van der Waals surface area contributed by atoms with E-state index >= 15 is 0 Å². The van der Waals surface area contributed by atoms with E-state index in [4.69, 9.17) is 14.2 Å². The van der Waals surface area contributed by atoms with Crippen LogP contribution in [0, 0.1) is 6.92 Å². The third kappa shape index (κ3) is 3.68. The van der Waals surface area contributed by atoms with Crippen molar-refractivity contribution in [3.8, 4) is 17.4 Å². The van der Waals surface area contributed by atoms with Gasteiger partial charge in [0.15, 0.2) is 11.5 Å². The second-order valence-corrected chi connectivity index (χ2v) is 5.94. The fraction of sp³-hybridized carbons (Fsp3) is 0.368. The van der Waals surface area contributed by atoms with Gasteiger partial charge in [0.25, 0.3) is 5.91 Å². The van der Waals surface area contributed by atoms with E-state index in [9.17, 15) is 4.79 Å². The highest BCUT2D eigenvalue weighted by molar-refractivity contribution is 5.98. The van der Waals surface area contributed by atoms with Crippen molar-refractivity contribution < 1.29 is 19.0 Å². The van der Waals surface area contributed by atoms with Gasteiger partial charge in [-0.2, -0.15) is 0 Å². The number of ether oxygens (including phenoxy) is 3. The van der Waals surface area contributed by atoms with Gasteiger partial charge in [0.05, 0.1) is 26.3 Å². The minimum absolute atomic E-state index is 0.0603. The van der Waals surface area contributed by atoms with Gasteiger partial charge < -0.3 is 19.1 Å². The van der Waals surface area contributed by atoms with Crippen molar-refractivity contribution in [2.24, 2.45) is 0 Å². The molecular formula is C19H22N2O4. The molecule has 0 saturated carbocycles. The van der Waals surface area contributed by atoms with Gasteiger partial charge in [-0.1, -0.05) is 12.1 Å². The van der Waals surface area contributed by atoms with E-state index in [1.54, 1.807) is 30.2 Å². The summed E-state index contributed by atoms with van der Waals surface area (Å²) in [5.74, 6) is 1.52. The molecule has 0 spiro atoms. The van der Waals surface area contributed by atoms with Gasteiger partial charge in [0.1, 0.15) is 6.10 Å². The van der Waals surface area contributed by atoms with Gasteiger partial charge in [-0.15, -0.1) is 0 Å². The number of aryl methyl sites for hydroxylation is 1. The number of benzene rings is 1. The molecular weight excluding hydrogens is 320 g/mol. The average molecular weight is 342 g/mol. The van der Waals surface area contributed by atoms with Crippen LogP contribution in [0.4, 0.5) is 0 Å². The van der Waals surface area contributed by atoms with Crippen LogP contribution in [0.5, 0.6) is 17.4 Å². The van der Waals surface area contributed by atoms with Crippen LogP contribution in [0.2, 0.25) is 0 Å². The van der Waals surface area contributed by atoms with E-state index in [0.29, 0.717) is 36.0 Å². The highest BCUT2D eigenvalue weighted by Crippen LogP contribution is 2.32. The number of carbonyl (C=O) groups is 1. The molecule has 3 rings (SSSR count). The molecule has 2 aromatic rings. The predicted molar refractivity (Wildman–Crippen MR) is 93.5 cm³/mol. The zero-order chi connectivity index (χ0) is 17.8. The van der Waals surface area contributed by atoms with Crippen molar-refractivity contribution in [3.63, 3.8) is 0 Å². The average Bonchev–Trinajstić information content (AvgIpc) is 3.08. The molecule has 0 aliphatic carbocycles. The van der Waals surface area contributed by atoms with Crippen molar-refractivity contribution in [2.45, 2.75) is 19.4 Å². The van der Waals surface area contributed by atoms with Crippen LogP contribution in [0.1, 0.15) is 22.5 Å². The molecule has 1 aromatic heterocycles. The zero-order valence-electron chi connectivity index (χ0n) is 14.7. The fourth-order valence-corrected chi connectivity index (χ4v) is 2.99. The molecule has 0 radical (unpaired) electrons. The molecule has 0 bridgehead atoms. The number of para-hydroxylation sites is 1. The Morgan fingerprint density at radius 2 is 1.96 bits per heavy atom. The topological polar surface area (TPSA) is 60.9 Å². The third-order valence-electron chi connectivity index (χ3n) is 4.22. The molecule has 1 atom stereocenters. The summed E-state index contributed by atoms with van der Waals surface area (Å²) >= 11 is 0. The molecule has 0 N–H and O–H groups in total. The highest BCUT2D eigenvalue weighted by Gasteiger charge is 2.30. The van der Waals surface area contributed by atoms with Gasteiger partial charge in [0, 0.05) is 24.7 Å². The summed E-state index contributed by atoms with van der Waals surface area (Å²) in [6.45, 7) is 3.08. The smallest absolute Gasteiger partial charge is 0.257 e. The second kappa shape index (κ2) is 7.42. The normalized spacial score (nSPS) is 16.6. The molecule has 6 heteroatoms. The van der Waals surface area contributed by atoms with Crippen molar-refractivity contribution in [1.29, 1.82) is 0 Å². The quantitative estimate of drug-likeness (QED) is 0.836. The summed E-state index contributed by atoms with van der Waals surface area (Å²) in [6.07, 6.45) is 0.711. The van der Waals surface area contributed by atoms with E-state index in [1.807, 2.05) is 25.1 Å². The number of methoxy groups -OCH3 is 2. The molecule has 1 amide bonds. The van der Waals surface area contributed by atoms with Gasteiger partial charge in [-0.05, 0) is 25.1 Å². The number of hydrogen-bond acceptors (Lipinski definition) is 5. The summed E-state index contributed by atoms with van der Waals surface area (Å²) in [6, 6.07) is 11.0. The van der Waals surface area contributed by atoms with Crippen LogP contribution in [0.25, 0.3) is 0 Å². The first kappa shape index (κ1) is 17.1. The van der Waals surface area contributed by atoms with Gasteiger partial charge in [-0.3, -0.25) is 4.79 Å². The van der Waals surface area contributed by atoms with E-state index in [0.717, 1.165) is 12.1 Å². The number of likely N-dealkylation sites (tertiary alicyclic amines) is 1. The molecule has 6 nitrogen and oxygen atoms in total. The first-order chi connectivity index (χ1) is 12.1. The SMILES string of the molecule is COc1cccc(C(=O)N2CCC(Oc3cccc(C)n3)C2)c1OC. The fourth-order valence-electron chi connectivity index (χ4n) is 2.99. The van der Waals surface area contributed by atoms with Crippen LogP contribution >= 0.6 is 0 Å². The number of hydrogen-bond donors (Lipinski definition) is 0. The number of nitrogens with zero attached hydrogens (tertiary/aromatic N) is 2. The van der Waals surface area contributed by atoms with E-state index in [2.05, 4.69) is 4.98 Å². The number of carbonyl (C=O) groups excluding carboxylic acids is 1. The molecule has 1 unspecified atom stereocenters. The van der Waals surface area contributed by atoms with Gasteiger partial charge in [0.2, 0.25) is 5.88 Å². The lowest BCUT2D eigenvalue weighted by Crippen LogP contribution is -2.31. The predicted octanol–water partition coefficient (Wildman–Crippen LogP) is 2.70. The van der Waals surface area contributed by atoms with Crippen LogP contribution < -0.4 is 14.2 Å². The molecule has 2 heterocycles. The largest absolute Gasteiger partial charge is 0.493 e. The standard InChI is InChI=1S/C19H22N2O4/c1-13-6-4-9-17(20-13)25-14-10-11-21(12-14)19(22)15-7-5-8-16(23-2)18(15)24-3/h4-9,14H,10-12H2,1-3H3. The van der Waals surface area contributed by atoms with E-state index in [-0.39, 0.29) is 12.0 Å². The Hall–Kier alpha value is -2.76. The Morgan fingerprint density at radius 1 is 1.16 bits per heavy atom. The summed E-state index contributed by atoms with van der Waals surface area (Å²) in [5, 5.41) is 0. The Bertz CT molecular complexity index is 763. The van der Waals surface area contributed by atoms with Crippen molar-refractivity contribution in [2.75, 3.05) is 27.3 Å². The summed E-state index contributed by atoms with van der Waals surface area (Å²) in [5.41, 5.74) is 1.40. The Kier molecular flexibility index (Phi) is 5.07.